The van der Waals surface area contributed by atoms with Crippen LogP contribution in [0.25, 0.3) is 0 Å². The van der Waals surface area contributed by atoms with Crippen LogP contribution in [0, 0.1) is 0 Å². The minimum absolute atomic E-state index is 0.00143. The van der Waals surface area contributed by atoms with E-state index in [1.54, 1.807) is 0 Å². The lowest BCUT2D eigenvalue weighted by Gasteiger charge is -2.22. The first-order chi connectivity index (χ1) is 32.5. The molecule has 0 saturated heterocycles. The summed E-state index contributed by atoms with van der Waals surface area (Å²) in [6.45, 7) is 4.87. The smallest absolute Gasteiger partial charge is 0.305 e. The molecule has 0 spiro atoms. The summed E-state index contributed by atoms with van der Waals surface area (Å²) < 4.78 is 5.46. The standard InChI is InChI=1S/C60H113NO5/c1-3-5-7-9-11-13-15-30-34-38-42-46-50-54-60(65)66-55-51-47-43-39-35-32-29-27-25-23-21-19-17-16-18-20-22-24-26-28-31-33-37-41-45-49-53-59(64)61-57(56-62)58(63)52-48-44-40-36-14-12-10-8-6-4-2/h7,9,13,15-16,18,57-58,62-63H,3-6,8,10-12,14,17,19-56H2,1-2H3,(H,61,64)/b9-7-,15-13-,18-16-. The Balaban J connectivity index is 3.37. The molecule has 0 aliphatic heterocycles. The highest BCUT2D eigenvalue weighted by atomic mass is 16.5. The van der Waals surface area contributed by atoms with Gasteiger partial charge in [0, 0.05) is 12.8 Å². The van der Waals surface area contributed by atoms with E-state index in [0.717, 1.165) is 51.4 Å². The van der Waals surface area contributed by atoms with Gasteiger partial charge in [0.2, 0.25) is 5.91 Å². The molecule has 6 nitrogen and oxygen atoms in total. The molecule has 2 unspecified atom stereocenters. The van der Waals surface area contributed by atoms with Crippen molar-refractivity contribution < 1.29 is 24.5 Å². The van der Waals surface area contributed by atoms with E-state index >= 15 is 0 Å². The van der Waals surface area contributed by atoms with Crippen molar-refractivity contribution in [2.24, 2.45) is 0 Å². The van der Waals surface area contributed by atoms with Crippen molar-refractivity contribution in [3.05, 3.63) is 36.5 Å². The topological polar surface area (TPSA) is 95.9 Å². The molecule has 0 rings (SSSR count). The first-order valence-electron chi connectivity index (χ1n) is 29.2. The molecular formula is C60H113NO5. The molecular weight excluding hydrogens is 815 g/mol. The van der Waals surface area contributed by atoms with Gasteiger partial charge in [-0.05, 0) is 77.0 Å². The lowest BCUT2D eigenvalue weighted by molar-refractivity contribution is -0.143. The maximum absolute atomic E-state index is 12.4. The molecule has 0 aromatic carbocycles. The molecule has 66 heavy (non-hydrogen) atoms. The van der Waals surface area contributed by atoms with E-state index in [-0.39, 0.29) is 18.5 Å². The number of hydrogen-bond acceptors (Lipinski definition) is 5. The van der Waals surface area contributed by atoms with Crippen molar-refractivity contribution in [1.29, 1.82) is 0 Å². The average Bonchev–Trinajstić information content (AvgIpc) is 3.32. The molecule has 0 saturated carbocycles. The summed E-state index contributed by atoms with van der Waals surface area (Å²) in [7, 11) is 0. The van der Waals surface area contributed by atoms with Crippen LogP contribution in [0.1, 0.15) is 309 Å². The molecule has 0 bridgehead atoms. The van der Waals surface area contributed by atoms with Crippen molar-refractivity contribution in [3.63, 3.8) is 0 Å². The zero-order chi connectivity index (χ0) is 47.9. The fraction of sp³-hybridized carbons (Fsp3) is 0.867. The highest BCUT2D eigenvalue weighted by molar-refractivity contribution is 5.76. The molecule has 0 aromatic heterocycles. The molecule has 0 fully saturated rings. The monoisotopic (exact) mass is 928 g/mol. The molecule has 388 valence electrons. The van der Waals surface area contributed by atoms with Crippen LogP contribution in [0.4, 0.5) is 0 Å². The van der Waals surface area contributed by atoms with Gasteiger partial charge in [0.1, 0.15) is 0 Å². The van der Waals surface area contributed by atoms with E-state index in [1.807, 2.05) is 0 Å². The molecule has 0 heterocycles. The summed E-state index contributed by atoms with van der Waals surface area (Å²) in [5, 5.41) is 23.1. The van der Waals surface area contributed by atoms with Crippen molar-refractivity contribution >= 4 is 11.9 Å². The van der Waals surface area contributed by atoms with E-state index < -0.39 is 12.1 Å². The maximum atomic E-state index is 12.4. The predicted octanol–water partition coefficient (Wildman–Crippen LogP) is 18.0. The van der Waals surface area contributed by atoms with Gasteiger partial charge in [-0.1, -0.05) is 256 Å². The number of unbranched alkanes of at least 4 members (excludes halogenated alkanes) is 37. The Bertz CT molecular complexity index is 1070. The van der Waals surface area contributed by atoms with Crippen molar-refractivity contribution in [2.75, 3.05) is 13.2 Å². The van der Waals surface area contributed by atoms with Gasteiger partial charge in [-0.25, -0.2) is 0 Å². The summed E-state index contributed by atoms with van der Waals surface area (Å²) in [5.41, 5.74) is 0. The molecule has 0 aliphatic rings. The highest BCUT2D eigenvalue weighted by Gasteiger charge is 2.20. The fourth-order valence-corrected chi connectivity index (χ4v) is 8.91. The van der Waals surface area contributed by atoms with Gasteiger partial charge in [-0.2, -0.15) is 0 Å². The quantitative estimate of drug-likeness (QED) is 0.0321. The first-order valence-corrected chi connectivity index (χ1v) is 29.2. The molecule has 0 aliphatic carbocycles. The largest absolute Gasteiger partial charge is 0.466 e. The van der Waals surface area contributed by atoms with E-state index in [1.165, 1.54) is 225 Å². The van der Waals surface area contributed by atoms with E-state index in [2.05, 4.69) is 55.6 Å². The van der Waals surface area contributed by atoms with Crippen molar-refractivity contribution in [1.82, 2.24) is 5.32 Å². The SMILES string of the molecule is CCC/C=C\C/C=C\CCCCCCCC(=O)OCCCCCCCCCCCCCC/C=C\CCCCCCCCCCCCC(=O)NC(CO)C(O)CCCCCCCCCCCC. The Morgan fingerprint density at radius 2 is 0.788 bits per heavy atom. The van der Waals surface area contributed by atoms with Crippen molar-refractivity contribution in [3.8, 4) is 0 Å². The lowest BCUT2D eigenvalue weighted by Crippen LogP contribution is -2.45. The van der Waals surface area contributed by atoms with Crippen LogP contribution in [0.2, 0.25) is 0 Å². The van der Waals surface area contributed by atoms with Gasteiger partial charge < -0.3 is 20.3 Å². The average molecular weight is 929 g/mol. The number of carbonyl (C=O) groups excluding carboxylic acids is 2. The van der Waals surface area contributed by atoms with Crippen LogP contribution in [0.3, 0.4) is 0 Å². The minimum atomic E-state index is -0.663. The zero-order valence-corrected chi connectivity index (χ0v) is 44.2. The molecule has 2 atom stereocenters. The minimum Gasteiger partial charge on any atom is -0.466 e. The number of aliphatic hydroxyl groups is 2. The highest BCUT2D eigenvalue weighted by Crippen LogP contribution is 2.17. The van der Waals surface area contributed by atoms with Gasteiger partial charge in [0.25, 0.3) is 0 Å². The Hall–Kier alpha value is -1.92. The summed E-state index contributed by atoms with van der Waals surface area (Å²) in [6.07, 6.45) is 68.7. The van der Waals surface area contributed by atoms with Gasteiger partial charge in [-0.3, -0.25) is 9.59 Å². The zero-order valence-electron chi connectivity index (χ0n) is 44.2. The van der Waals surface area contributed by atoms with E-state index in [9.17, 15) is 19.8 Å². The van der Waals surface area contributed by atoms with Crippen LogP contribution in [0.15, 0.2) is 36.5 Å². The second-order valence-corrected chi connectivity index (χ2v) is 20.0. The number of nitrogens with one attached hydrogen (secondary N) is 1. The molecule has 0 radical (unpaired) electrons. The van der Waals surface area contributed by atoms with Gasteiger partial charge in [0.15, 0.2) is 0 Å². The molecule has 1 amide bonds. The number of amides is 1. The fourth-order valence-electron chi connectivity index (χ4n) is 8.91. The third kappa shape index (κ3) is 51.5. The number of carbonyl (C=O) groups is 2. The van der Waals surface area contributed by atoms with Crippen molar-refractivity contribution in [2.45, 2.75) is 321 Å². The summed E-state index contributed by atoms with van der Waals surface area (Å²) in [5.74, 6) is -0.0399. The lowest BCUT2D eigenvalue weighted by atomic mass is 10.0. The molecule has 3 N–H and O–H groups in total. The predicted molar refractivity (Wildman–Crippen MR) is 287 cm³/mol. The Labute approximate surface area is 411 Å². The number of aliphatic hydroxyl groups excluding tert-OH is 2. The van der Waals surface area contributed by atoms with Crippen LogP contribution < -0.4 is 5.32 Å². The van der Waals surface area contributed by atoms with Crippen LogP contribution >= 0.6 is 0 Å². The summed E-state index contributed by atoms with van der Waals surface area (Å²) >= 11 is 0. The number of allylic oxidation sites excluding steroid dienone is 6. The van der Waals surface area contributed by atoms with Gasteiger partial charge >= 0.3 is 5.97 Å². The normalized spacial score (nSPS) is 12.8. The van der Waals surface area contributed by atoms with E-state index in [0.29, 0.717) is 25.9 Å². The molecule has 6 heteroatoms. The number of rotatable bonds is 54. The van der Waals surface area contributed by atoms with E-state index in [4.69, 9.17) is 4.74 Å². The molecule has 0 aromatic rings. The third-order valence-electron chi connectivity index (χ3n) is 13.4. The summed E-state index contributed by atoms with van der Waals surface area (Å²) in [6, 6.07) is -0.541. The van der Waals surface area contributed by atoms with Gasteiger partial charge in [0.05, 0.1) is 25.4 Å². The second-order valence-electron chi connectivity index (χ2n) is 20.0. The second kappa shape index (κ2) is 55.7. The Kier molecular flexibility index (Phi) is 54.1. The maximum Gasteiger partial charge on any atom is 0.305 e. The number of hydrogen-bond donors (Lipinski definition) is 3. The van der Waals surface area contributed by atoms with Gasteiger partial charge in [-0.15, -0.1) is 0 Å². The van der Waals surface area contributed by atoms with Crippen LogP contribution in [-0.4, -0.2) is 47.4 Å². The van der Waals surface area contributed by atoms with Crippen LogP contribution in [-0.2, 0) is 14.3 Å². The third-order valence-corrected chi connectivity index (χ3v) is 13.4. The summed E-state index contributed by atoms with van der Waals surface area (Å²) in [4.78, 5) is 24.4. The van der Waals surface area contributed by atoms with Crippen LogP contribution in [0.5, 0.6) is 0 Å². The number of esters is 1. The number of ether oxygens (including phenoxy) is 1. The first kappa shape index (κ1) is 64.1. The Morgan fingerprint density at radius 1 is 0.424 bits per heavy atom. The Morgan fingerprint density at radius 3 is 1.23 bits per heavy atom.